The molecule has 1 fully saturated rings. The van der Waals surface area contributed by atoms with Crippen LogP contribution in [0.3, 0.4) is 0 Å². The van der Waals surface area contributed by atoms with Crippen molar-refractivity contribution < 1.29 is 0 Å². The van der Waals surface area contributed by atoms with Gasteiger partial charge in [0.25, 0.3) is 0 Å². The number of hydrogen-bond acceptors (Lipinski definition) is 4. The Bertz CT molecular complexity index is 479. The molecule has 0 spiro atoms. The van der Waals surface area contributed by atoms with Crippen LogP contribution in [0.25, 0.3) is 0 Å². The van der Waals surface area contributed by atoms with Crippen LogP contribution >= 0.6 is 23.6 Å². The summed E-state index contributed by atoms with van der Waals surface area (Å²) in [6.07, 6.45) is 3.24. The fourth-order valence-corrected chi connectivity index (χ4v) is 3.22. The Morgan fingerprint density at radius 3 is 3.00 bits per heavy atom. The van der Waals surface area contributed by atoms with Crippen LogP contribution in [0.2, 0.25) is 0 Å². The third kappa shape index (κ3) is 3.77. The molecule has 1 heterocycles. The van der Waals surface area contributed by atoms with Gasteiger partial charge in [0.15, 0.2) is 11.1 Å². The summed E-state index contributed by atoms with van der Waals surface area (Å²) in [4.78, 5) is 8.43. The van der Waals surface area contributed by atoms with E-state index in [1.807, 2.05) is 12.4 Å². The summed E-state index contributed by atoms with van der Waals surface area (Å²) >= 11 is 6.58. The molecule has 8 heteroatoms. The Morgan fingerprint density at radius 1 is 1.53 bits per heavy atom. The molecule has 19 heavy (non-hydrogen) atoms. The van der Waals surface area contributed by atoms with Crippen LogP contribution in [-0.4, -0.2) is 29.1 Å². The Balaban J connectivity index is 1.95. The van der Waals surface area contributed by atoms with Gasteiger partial charge >= 0.3 is 0 Å². The van der Waals surface area contributed by atoms with Crippen molar-refractivity contribution >= 4 is 39.8 Å². The minimum atomic E-state index is 0.0474. The second-order valence-corrected chi connectivity index (χ2v) is 5.77. The highest BCUT2D eigenvalue weighted by Gasteiger charge is 2.27. The highest BCUT2D eigenvalue weighted by atomic mass is 32.1. The third-order valence-corrected chi connectivity index (χ3v) is 4.22. The fourth-order valence-electron chi connectivity index (χ4n) is 2.26. The predicted octanol–water partition coefficient (Wildman–Crippen LogP) is 0.778. The SMILES string of the molecule is CNC(=S)NC1CCC(c2csc(N=C(N)N)n2)C1. The monoisotopic (exact) mass is 298 g/mol. The predicted molar refractivity (Wildman–Crippen MR) is 82.8 cm³/mol. The fraction of sp³-hybridized carbons (Fsp3) is 0.545. The third-order valence-electron chi connectivity index (χ3n) is 3.15. The van der Waals surface area contributed by atoms with E-state index in [4.69, 9.17) is 23.7 Å². The maximum absolute atomic E-state index is 5.34. The summed E-state index contributed by atoms with van der Waals surface area (Å²) < 4.78 is 0. The number of aromatic nitrogens is 1. The van der Waals surface area contributed by atoms with Crippen molar-refractivity contribution in [2.24, 2.45) is 16.5 Å². The number of aliphatic imine (C=N–C) groups is 1. The molecular weight excluding hydrogens is 280 g/mol. The molecule has 2 rings (SSSR count). The van der Waals surface area contributed by atoms with E-state index in [0.717, 1.165) is 25.0 Å². The second-order valence-electron chi connectivity index (χ2n) is 4.52. The number of nitrogens with zero attached hydrogens (tertiary/aromatic N) is 2. The average Bonchev–Trinajstić information content (AvgIpc) is 2.97. The Morgan fingerprint density at radius 2 is 2.32 bits per heavy atom. The zero-order chi connectivity index (χ0) is 13.8. The molecule has 1 aromatic heterocycles. The van der Waals surface area contributed by atoms with Crippen LogP contribution < -0.4 is 22.1 Å². The molecule has 1 aromatic rings. The maximum atomic E-state index is 5.34. The van der Waals surface area contributed by atoms with Crippen molar-refractivity contribution in [3.63, 3.8) is 0 Å². The number of nitrogens with two attached hydrogens (primary N) is 2. The number of rotatable bonds is 3. The van der Waals surface area contributed by atoms with E-state index in [9.17, 15) is 0 Å². The number of thiazole rings is 1. The van der Waals surface area contributed by atoms with Crippen molar-refractivity contribution in [3.05, 3.63) is 11.1 Å². The van der Waals surface area contributed by atoms with Crippen molar-refractivity contribution in [1.82, 2.24) is 15.6 Å². The largest absolute Gasteiger partial charge is 0.370 e. The Hall–Kier alpha value is -1.41. The molecule has 0 saturated heterocycles. The highest BCUT2D eigenvalue weighted by Crippen LogP contribution is 2.36. The van der Waals surface area contributed by atoms with Gasteiger partial charge < -0.3 is 22.1 Å². The lowest BCUT2D eigenvalue weighted by atomic mass is 10.1. The van der Waals surface area contributed by atoms with Gasteiger partial charge in [0.1, 0.15) is 0 Å². The van der Waals surface area contributed by atoms with Crippen LogP contribution in [0.15, 0.2) is 10.4 Å². The lowest BCUT2D eigenvalue weighted by Crippen LogP contribution is -2.38. The summed E-state index contributed by atoms with van der Waals surface area (Å²) in [5.74, 6) is 0.502. The van der Waals surface area contributed by atoms with Crippen LogP contribution in [0, 0.1) is 0 Å². The lowest BCUT2D eigenvalue weighted by Gasteiger charge is -2.14. The van der Waals surface area contributed by atoms with Gasteiger partial charge in [0, 0.05) is 24.4 Å². The summed E-state index contributed by atoms with van der Waals surface area (Å²) in [6.45, 7) is 0. The van der Waals surface area contributed by atoms with Crippen molar-refractivity contribution in [2.75, 3.05) is 7.05 Å². The molecule has 0 amide bonds. The van der Waals surface area contributed by atoms with E-state index in [0.29, 0.717) is 22.2 Å². The number of nitrogens with one attached hydrogen (secondary N) is 2. The molecule has 1 aliphatic carbocycles. The molecule has 0 aromatic carbocycles. The lowest BCUT2D eigenvalue weighted by molar-refractivity contribution is 0.609. The van der Waals surface area contributed by atoms with E-state index >= 15 is 0 Å². The van der Waals surface area contributed by atoms with Crippen molar-refractivity contribution in [3.8, 4) is 0 Å². The second kappa shape index (κ2) is 6.16. The van der Waals surface area contributed by atoms with Crippen LogP contribution in [0.5, 0.6) is 0 Å². The van der Waals surface area contributed by atoms with Gasteiger partial charge in [-0.1, -0.05) is 0 Å². The molecule has 104 valence electrons. The molecule has 1 aliphatic rings. The number of thiocarbonyl (C=S) groups is 1. The van der Waals surface area contributed by atoms with E-state index in [1.165, 1.54) is 11.3 Å². The molecule has 0 aliphatic heterocycles. The van der Waals surface area contributed by atoms with Gasteiger partial charge in [-0.2, -0.15) is 4.99 Å². The van der Waals surface area contributed by atoms with Gasteiger partial charge in [0.05, 0.1) is 5.69 Å². The number of hydrogen-bond donors (Lipinski definition) is 4. The normalized spacial score (nSPS) is 21.9. The molecule has 2 atom stereocenters. The maximum Gasteiger partial charge on any atom is 0.212 e. The smallest absolute Gasteiger partial charge is 0.212 e. The van der Waals surface area contributed by atoms with Gasteiger partial charge in [0.2, 0.25) is 5.13 Å². The first-order valence-corrected chi connectivity index (χ1v) is 7.40. The molecule has 6 nitrogen and oxygen atoms in total. The standard InChI is InChI=1S/C11H18N6S2/c1-14-10(18)15-7-3-2-6(4-7)8-5-19-11(16-8)17-9(12)13/h5-7H,2-4H2,1H3,(H2,14,15,18)(H4,12,13,16,17). The van der Waals surface area contributed by atoms with E-state index in [1.54, 1.807) is 0 Å². The molecular formula is C11H18N6S2. The molecule has 6 N–H and O–H groups in total. The van der Waals surface area contributed by atoms with Gasteiger partial charge in [-0.25, -0.2) is 4.98 Å². The van der Waals surface area contributed by atoms with Gasteiger partial charge in [-0.3, -0.25) is 0 Å². The minimum Gasteiger partial charge on any atom is -0.370 e. The minimum absolute atomic E-state index is 0.0474. The quantitative estimate of drug-likeness (QED) is 0.374. The summed E-state index contributed by atoms with van der Waals surface area (Å²) in [5, 5.41) is 9.58. The number of guanidine groups is 1. The average molecular weight is 298 g/mol. The summed E-state index contributed by atoms with van der Waals surface area (Å²) in [7, 11) is 1.82. The van der Waals surface area contributed by atoms with Crippen LogP contribution in [-0.2, 0) is 0 Å². The zero-order valence-corrected chi connectivity index (χ0v) is 12.4. The first-order valence-electron chi connectivity index (χ1n) is 6.11. The molecule has 1 saturated carbocycles. The highest BCUT2D eigenvalue weighted by molar-refractivity contribution is 7.80. The summed E-state index contributed by atoms with van der Waals surface area (Å²) in [6, 6.07) is 0.415. The van der Waals surface area contributed by atoms with E-state index < -0.39 is 0 Å². The first kappa shape index (κ1) is 14.0. The van der Waals surface area contributed by atoms with Crippen molar-refractivity contribution in [1.29, 1.82) is 0 Å². The molecule has 0 bridgehead atoms. The first-order chi connectivity index (χ1) is 9.08. The summed E-state index contributed by atoms with van der Waals surface area (Å²) in [5.41, 5.74) is 11.8. The zero-order valence-electron chi connectivity index (χ0n) is 10.7. The molecule has 2 unspecified atom stereocenters. The Labute approximate surface area is 121 Å². The Kier molecular flexibility index (Phi) is 4.54. The van der Waals surface area contributed by atoms with Crippen LogP contribution in [0.1, 0.15) is 30.9 Å². The van der Waals surface area contributed by atoms with E-state index in [2.05, 4.69) is 20.6 Å². The van der Waals surface area contributed by atoms with E-state index in [-0.39, 0.29) is 5.96 Å². The molecule has 0 radical (unpaired) electrons. The topological polar surface area (TPSA) is 101 Å². The van der Waals surface area contributed by atoms with Crippen molar-refractivity contribution in [2.45, 2.75) is 31.2 Å². The van der Waals surface area contributed by atoms with Gasteiger partial charge in [-0.05, 0) is 31.5 Å². The van der Waals surface area contributed by atoms with Gasteiger partial charge in [-0.15, -0.1) is 11.3 Å². The van der Waals surface area contributed by atoms with Crippen LogP contribution in [0.4, 0.5) is 5.13 Å².